The van der Waals surface area contributed by atoms with Crippen LogP contribution in [0, 0.1) is 0 Å². The first-order valence-corrected chi connectivity index (χ1v) is 11.0. The van der Waals surface area contributed by atoms with E-state index in [0.29, 0.717) is 12.1 Å². The van der Waals surface area contributed by atoms with E-state index >= 15 is 0 Å². The van der Waals surface area contributed by atoms with Crippen molar-refractivity contribution in [3.05, 3.63) is 65.2 Å². The highest BCUT2D eigenvalue weighted by Gasteiger charge is 2.15. The molecule has 2 rings (SSSR count). The Morgan fingerprint density at radius 2 is 1.81 bits per heavy atom. The van der Waals surface area contributed by atoms with E-state index in [2.05, 4.69) is 48.7 Å². The second-order valence-electron chi connectivity index (χ2n) is 8.05. The molecule has 0 fully saturated rings. The molecular weight excluding hydrogens is 402 g/mol. The maximum Gasteiger partial charge on any atom is 0.253 e. The molecular formula is C25H37N5O2. The maximum atomic E-state index is 12.2. The number of nitrogens with one attached hydrogen (secondary N) is 2. The molecule has 0 aliphatic heterocycles. The van der Waals surface area contributed by atoms with Crippen molar-refractivity contribution in [1.82, 2.24) is 20.4 Å². The Morgan fingerprint density at radius 3 is 2.47 bits per heavy atom. The molecule has 2 aromatic carbocycles. The van der Waals surface area contributed by atoms with Gasteiger partial charge >= 0.3 is 0 Å². The zero-order valence-electron chi connectivity index (χ0n) is 20.2. The van der Waals surface area contributed by atoms with Crippen LogP contribution in [0.1, 0.15) is 34.5 Å². The summed E-state index contributed by atoms with van der Waals surface area (Å²) in [5, 5.41) is 6.73. The highest BCUT2D eigenvalue weighted by molar-refractivity contribution is 5.94. The van der Waals surface area contributed by atoms with Gasteiger partial charge in [-0.15, -0.1) is 0 Å². The Morgan fingerprint density at radius 1 is 1.06 bits per heavy atom. The zero-order valence-corrected chi connectivity index (χ0v) is 20.2. The van der Waals surface area contributed by atoms with Crippen molar-refractivity contribution in [3.8, 4) is 5.75 Å². The summed E-state index contributed by atoms with van der Waals surface area (Å²) < 4.78 is 5.38. The molecule has 7 nitrogen and oxygen atoms in total. The highest BCUT2D eigenvalue weighted by Crippen LogP contribution is 2.22. The molecule has 0 radical (unpaired) electrons. The van der Waals surface area contributed by atoms with Crippen molar-refractivity contribution < 1.29 is 9.53 Å². The first-order valence-electron chi connectivity index (χ1n) is 11.0. The molecule has 0 saturated heterocycles. The fraction of sp³-hybridized carbons (Fsp3) is 0.440. The second kappa shape index (κ2) is 12.7. The topological polar surface area (TPSA) is 69.2 Å². The number of carbonyl (C=O) groups is 1. The largest absolute Gasteiger partial charge is 0.497 e. The van der Waals surface area contributed by atoms with E-state index in [0.717, 1.165) is 42.3 Å². The number of nitrogens with zero attached hydrogens (tertiary/aromatic N) is 3. The number of hydrogen-bond donors (Lipinski definition) is 2. The van der Waals surface area contributed by atoms with Gasteiger partial charge in [0.25, 0.3) is 5.91 Å². The van der Waals surface area contributed by atoms with Gasteiger partial charge in [-0.3, -0.25) is 9.79 Å². The van der Waals surface area contributed by atoms with E-state index < -0.39 is 0 Å². The Kier molecular flexibility index (Phi) is 10.0. The van der Waals surface area contributed by atoms with Crippen LogP contribution in [-0.2, 0) is 6.42 Å². The molecule has 0 bridgehead atoms. The molecule has 1 amide bonds. The second-order valence-corrected chi connectivity index (χ2v) is 8.05. The van der Waals surface area contributed by atoms with Gasteiger partial charge in [-0.1, -0.05) is 24.3 Å². The van der Waals surface area contributed by atoms with E-state index in [4.69, 9.17) is 9.73 Å². The van der Waals surface area contributed by atoms with Crippen LogP contribution >= 0.6 is 0 Å². The van der Waals surface area contributed by atoms with E-state index in [1.165, 1.54) is 0 Å². The lowest BCUT2D eigenvalue weighted by molar-refractivity contribution is 0.0827. The monoisotopic (exact) mass is 439 g/mol. The van der Waals surface area contributed by atoms with E-state index in [9.17, 15) is 4.79 Å². The molecule has 0 aliphatic rings. The molecule has 2 N–H and O–H groups in total. The summed E-state index contributed by atoms with van der Waals surface area (Å²) in [5.41, 5.74) is 2.99. The summed E-state index contributed by atoms with van der Waals surface area (Å²) in [6, 6.07) is 16.0. The van der Waals surface area contributed by atoms with Gasteiger partial charge in [0, 0.05) is 32.7 Å². The van der Waals surface area contributed by atoms with Gasteiger partial charge in [-0.25, -0.2) is 0 Å². The number of aliphatic imine (C=N–C) groups is 1. The molecule has 2 aromatic rings. The van der Waals surface area contributed by atoms with Gasteiger partial charge in [0.1, 0.15) is 5.75 Å². The first kappa shape index (κ1) is 25.2. The molecule has 1 atom stereocenters. The average molecular weight is 440 g/mol. The fourth-order valence-corrected chi connectivity index (χ4v) is 3.38. The fourth-order valence-electron chi connectivity index (χ4n) is 3.38. The smallest absolute Gasteiger partial charge is 0.253 e. The first-order chi connectivity index (χ1) is 15.3. The molecule has 0 heterocycles. The Hall–Kier alpha value is -3.06. The van der Waals surface area contributed by atoms with Crippen LogP contribution in [0.15, 0.2) is 53.5 Å². The van der Waals surface area contributed by atoms with E-state index in [1.807, 2.05) is 36.4 Å². The van der Waals surface area contributed by atoms with Crippen LogP contribution in [-0.4, -0.2) is 76.6 Å². The van der Waals surface area contributed by atoms with Crippen LogP contribution in [0.5, 0.6) is 5.75 Å². The number of hydrogen-bond acceptors (Lipinski definition) is 4. The summed E-state index contributed by atoms with van der Waals surface area (Å²) in [6.45, 7) is 4.17. The number of methoxy groups -OCH3 is 1. The van der Waals surface area contributed by atoms with Crippen LogP contribution in [0.25, 0.3) is 0 Å². The number of ether oxygens (including phenoxy) is 1. The standard InChI is InChI=1S/C25H37N5O2/c1-7-26-25(27-15-14-19-10-8-12-21(16-19)24(31)30(4)5)28-18-23(29(2)3)20-11-9-13-22(17-20)32-6/h8-13,16-17,23H,7,14-15,18H2,1-6H3,(H2,26,27,28). The lowest BCUT2D eigenvalue weighted by Crippen LogP contribution is -2.39. The van der Waals surface area contributed by atoms with E-state index in [-0.39, 0.29) is 11.9 Å². The number of rotatable bonds is 10. The Balaban J connectivity index is 2.03. The minimum atomic E-state index is 0.0157. The number of likely N-dealkylation sites (N-methyl/N-ethyl adjacent to an activating group) is 1. The summed E-state index contributed by atoms with van der Waals surface area (Å²) in [6.07, 6.45) is 0.798. The molecule has 1 unspecified atom stereocenters. The lowest BCUT2D eigenvalue weighted by Gasteiger charge is -2.24. The van der Waals surface area contributed by atoms with Gasteiger partial charge < -0.3 is 25.2 Å². The number of benzene rings is 2. The SMILES string of the molecule is CCNC(=NCC(c1cccc(OC)c1)N(C)C)NCCc1cccc(C(=O)N(C)C)c1. The molecule has 0 saturated carbocycles. The number of amides is 1. The van der Waals surface area contributed by atoms with Crippen LogP contribution in [0.4, 0.5) is 0 Å². The maximum absolute atomic E-state index is 12.2. The number of guanidine groups is 1. The summed E-state index contributed by atoms with van der Waals surface area (Å²) >= 11 is 0. The van der Waals surface area contributed by atoms with Crippen molar-refractivity contribution in [1.29, 1.82) is 0 Å². The quantitative estimate of drug-likeness (QED) is 0.440. The minimum Gasteiger partial charge on any atom is -0.497 e. The van der Waals surface area contributed by atoms with Gasteiger partial charge in [-0.2, -0.15) is 0 Å². The van der Waals surface area contributed by atoms with Crippen molar-refractivity contribution in [2.75, 3.05) is 54.9 Å². The summed E-state index contributed by atoms with van der Waals surface area (Å²) in [5.74, 6) is 1.64. The Labute approximate surface area is 192 Å². The molecule has 174 valence electrons. The Bertz CT molecular complexity index is 895. The van der Waals surface area contributed by atoms with Crippen molar-refractivity contribution in [2.24, 2.45) is 4.99 Å². The molecule has 0 aliphatic carbocycles. The van der Waals surface area contributed by atoms with Gasteiger partial charge in [0.2, 0.25) is 0 Å². The van der Waals surface area contributed by atoms with Crippen LogP contribution < -0.4 is 15.4 Å². The van der Waals surface area contributed by atoms with Crippen LogP contribution in [0.2, 0.25) is 0 Å². The van der Waals surface area contributed by atoms with Gasteiger partial charge in [0.05, 0.1) is 19.7 Å². The predicted molar refractivity (Wildman–Crippen MR) is 132 cm³/mol. The number of carbonyl (C=O) groups excluding carboxylic acids is 1. The van der Waals surface area contributed by atoms with Crippen LogP contribution in [0.3, 0.4) is 0 Å². The third-order valence-electron chi connectivity index (χ3n) is 5.15. The molecule has 7 heteroatoms. The van der Waals surface area contributed by atoms with Gasteiger partial charge in [0.15, 0.2) is 5.96 Å². The van der Waals surface area contributed by atoms with Crippen molar-refractivity contribution >= 4 is 11.9 Å². The molecule has 0 aromatic heterocycles. The highest BCUT2D eigenvalue weighted by atomic mass is 16.5. The lowest BCUT2D eigenvalue weighted by atomic mass is 10.1. The third kappa shape index (κ3) is 7.57. The summed E-state index contributed by atoms with van der Waals surface area (Å²) in [7, 11) is 9.33. The predicted octanol–water partition coefficient (Wildman–Crippen LogP) is 2.80. The molecule has 32 heavy (non-hydrogen) atoms. The summed E-state index contributed by atoms with van der Waals surface area (Å²) in [4.78, 5) is 20.8. The minimum absolute atomic E-state index is 0.0157. The van der Waals surface area contributed by atoms with Gasteiger partial charge in [-0.05, 0) is 62.8 Å². The van der Waals surface area contributed by atoms with E-state index in [1.54, 1.807) is 26.1 Å². The van der Waals surface area contributed by atoms with Crippen molar-refractivity contribution in [2.45, 2.75) is 19.4 Å². The third-order valence-corrected chi connectivity index (χ3v) is 5.15. The molecule has 0 spiro atoms. The van der Waals surface area contributed by atoms with Crippen molar-refractivity contribution in [3.63, 3.8) is 0 Å². The zero-order chi connectivity index (χ0) is 23.5. The normalized spacial score (nSPS) is 12.4. The average Bonchev–Trinajstić information content (AvgIpc) is 2.78.